The van der Waals surface area contributed by atoms with E-state index in [1.165, 1.54) is 0 Å². The van der Waals surface area contributed by atoms with Crippen LogP contribution in [0.3, 0.4) is 0 Å². The third kappa shape index (κ3) is 5.04. The average Bonchev–Trinajstić information content (AvgIpc) is 3.23. The highest BCUT2D eigenvalue weighted by atomic mass is 16.5. The summed E-state index contributed by atoms with van der Waals surface area (Å²) in [5, 5.41) is 33.3. The molecule has 1 saturated heterocycles. The number of fused-ring (bicyclic) bond motifs is 5. The lowest BCUT2D eigenvalue weighted by Crippen LogP contribution is -2.61. The largest absolute Gasteiger partial charge is 0.464 e. The van der Waals surface area contributed by atoms with Gasteiger partial charge in [-0.2, -0.15) is 0 Å². The Morgan fingerprint density at radius 1 is 1.11 bits per heavy atom. The molecular weight excluding hydrogens is 470 g/mol. The average molecular weight is 520 g/mol. The molecule has 11 atom stereocenters. The van der Waals surface area contributed by atoms with E-state index in [-0.39, 0.29) is 46.6 Å². The predicted molar refractivity (Wildman–Crippen MR) is 141 cm³/mol. The number of hydrogen-bond donors (Lipinski definition) is 3. The van der Waals surface area contributed by atoms with Crippen LogP contribution in [0.2, 0.25) is 0 Å². The van der Waals surface area contributed by atoms with E-state index in [9.17, 15) is 20.1 Å². The zero-order valence-electron chi connectivity index (χ0n) is 23.1. The maximum atomic E-state index is 12.5. The number of aliphatic hydroxyl groups excluding tert-OH is 3. The Labute approximate surface area is 222 Å². The quantitative estimate of drug-likeness (QED) is 0.351. The Balaban J connectivity index is 1.20. The van der Waals surface area contributed by atoms with Crippen LogP contribution in [0.4, 0.5) is 0 Å². The van der Waals surface area contributed by atoms with Crippen molar-refractivity contribution in [3.05, 3.63) is 12.2 Å². The van der Waals surface area contributed by atoms with Gasteiger partial charge in [0.1, 0.15) is 6.61 Å². The first-order valence-corrected chi connectivity index (χ1v) is 14.8. The Morgan fingerprint density at radius 2 is 1.86 bits per heavy atom. The van der Waals surface area contributed by atoms with Crippen molar-refractivity contribution >= 4 is 5.97 Å². The lowest BCUT2D eigenvalue weighted by molar-refractivity contribution is -0.188. The zero-order valence-corrected chi connectivity index (χ0v) is 23.1. The number of nitrogens with zero attached hydrogens (tertiary/aromatic N) is 1. The van der Waals surface area contributed by atoms with Crippen molar-refractivity contribution in [2.75, 3.05) is 39.5 Å². The Hall–Kier alpha value is -0.990. The van der Waals surface area contributed by atoms with Crippen LogP contribution in [0.15, 0.2) is 12.2 Å². The summed E-state index contributed by atoms with van der Waals surface area (Å²) in [6.45, 7) is 11.3. The van der Waals surface area contributed by atoms with E-state index in [2.05, 4.69) is 31.7 Å². The fourth-order valence-corrected chi connectivity index (χ4v) is 9.43. The van der Waals surface area contributed by atoms with Crippen LogP contribution >= 0.6 is 0 Å². The minimum atomic E-state index is -0.427. The Kier molecular flexibility index (Phi) is 8.11. The molecule has 3 N–H and O–H groups in total. The fourth-order valence-electron chi connectivity index (χ4n) is 9.43. The molecule has 0 aromatic heterocycles. The number of hydrogen-bond acceptors (Lipinski definition) is 7. The molecule has 1 aliphatic heterocycles. The Morgan fingerprint density at radius 3 is 2.62 bits per heavy atom. The Bertz CT molecular complexity index is 844. The molecule has 0 aromatic carbocycles. The van der Waals surface area contributed by atoms with E-state index in [1.807, 2.05) is 6.08 Å². The van der Waals surface area contributed by atoms with E-state index >= 15 is 0 Å². The van der Waals surface area contributed by atoms with Gasteiger partial charge in [-0.1, -0.05) is 32.9 Å². The second-order valence-electron chi connectivity index (χ2n) is 13.3. The number of rotatable bonds is 7. The first kappa shape index (κ1) is 27.6. The molecule has 0 aromatic rings. The summed E-state index contributed by atoms with van der Waals surface area (Å²) in [5.74, 6) is 1.45. The first-order valence-electron chi connectivity index (χ1n) is 14.8. The van der Waals surface area contributed by atoms with Crippen molar-refractivity contribution in [3.8, 4) is 0 Å². The maximum Gasteiger partial charge on any atom is 0.305 e. The van der Waals surface area contributed by atoms with Gasteiger partial charge in [0.05, 0.1) is 31.5 Å². The van der Waals surface area contributed by atoms with Crippen molar-refractivity contribution in [1.29, 1.82) is 0 Å². The van der Waals surface area contributed by atoms with Crippen molar-refractivity contribution in [3.63, 3.8) is 0 Å². The lowest BCUT2D eigenvalue weighted by atomic mass is 9.44. The van der Waals surface area contributed by atoms with Gasteiger partial charge in [-0.05, 0) is 84.9 Å². The molecule has 11 unspecified atom stereocenters. The third-order valence-corrected chi connectivity index (χ3v) is 11.6. The molecule has 1 heterocycles. The molecule has 4 fully saturated rings. The predicted octanol–water partition coefficient (Wildman–Crippen LogP) is 3.02. The minimum Gasteiger partial charge on any atom is -0.464 e. The lowest BCUT2D eigenvalue weighted by Gasteiger charge is -2.62. The van der Waals surface area contributed by atoms with Crippen LogP contribution in [0.25, 0.3) is 0 Å². The number of carbonyl (C=O) groups is 1. The van der Waals surface area contributed by atoms with Crippen LogP contribution in [0.5, 0.6) is 0 Å². The van der Waals surface area contributed by atoms with Crippen molar-refractivity contribution in [1.82, 2.24) is 4.90 Å². The van der Waals surface area contributed by atoms with Gasteiger partial charge in [0, 0.05) is 26.1 Å². The highest BCUT2D eigenvalue weighted by Gasteiger charge is 2.65. The molecule has 37 heavy (non-hydrogen) atoms. The SMILES string of the molecule is CC(CCC(=O)OCCN1CCOCC1)C1CCC2C3C(O)CC4CC(O)C=CC4(C)C3CC(O)C12C. The maximum absolute atomic E-state index is 12.5. The van der Waals surface area contributed by atoms with Gasteiger partial charge < -0.3 is 24.8 Å². The highest BCUT2D eigenvalue weighted by Crippen LogP contribution is 2.67. The van der Waals surface area contributed by atoms with Gasteiger partial charge in [-0.15, -0.1) is 0 Å². The second kappa shape index (κ2) is 10.9. The summed E-state index contributed by atoms with van der Waals surface area (Å²) in [6.07, 6.45) is 8.30. The molecule has 0 bridgehead atoms. The van der Waals surface area contributed by atoms with Gasteiger partial charge in [0.15, 0.2) is 0 Å². The molecule has 5 rings (SSSR count). The normalized spacial score (nSPS) is 46.5. The van der Waals surface area contributed by atoms with Gasteiger partial charge in [0.25, 0.3) is 0 Å². The third-order valence-electron chi connectivity index (χ3n) is 11.6. The second-order valence-corrected chi connectivity index (χ2v) is 13.3. The molecule has 0 spiro atoms. The van der Waals surface area contributed by atoms with E-state index in [0.29, 0.717) is 37.7 Å². The van der Waals surface area contributed by atoms with Crippen LogP contribution in [-0.4, -0.2) is 84.0 Å². The van der Waals surface area contributed by atoms with E-state index < -0.39 is 12.2 Å². The van der Waals surface area contributed by atoms with E-state index in [1.54, 1.807) is 0 Å². The fraction of sp³-hybridized carbons (Fsp3) is 0.900. The first-order chi connectivity index (χ1) is 17.6. The summed E-state index contributed by atoms with van der Waals surface area (Å²) < 4.78 is 10.9. The molecular formula is C30H49NO6. The number of carbonyl (C=O) groups excluding carboxylic acids is 1. The molecule has 5 aliphatic rings. The number of allylic oxidation sites excluding steroid dienone is 1. The molecule has 0 radical (unpaired) electrons. The van der Waals surface area contributed by atoms with Crippen LogP contribution in [0, 0.1) is 46.3 Å². The summed E-state index contributed by atoms with van der Waals surface area (Å²) in [6, 6.07) is 0. The molecule has 210 valence electrons. The van der Waals surface area contributed by atoms with Crippen LogP contribution < -0.4 is 0 Å². The number of morpholine rings is 1. The summed E-state index contributed by atoms with van der Waals surface area (Å²) >= 11 is 0. The van der Waals surface area contributed by atoms with Crippen molar-refractivity contribution in [2.45, 2.75) is 84.0 Å². The van der Waals surface area contributed by atoms with Crippen molar-refractivity contribution < 1.29 is 29.6 Å². The summed E-state index contributed by atoms with van der Waals surface area (Å²) in [7, 11) is 0. The summed E-state index contributed by atoms with van der Waals surface area (Å²) in [4.78, 5) is 14.8. The topological polar surface area (TPSA) is 99.5 Å². The molecule has 7 nitrogen and oxygen atoms in total. The van der Waals surface area contributed by atoms with E-state index in [4.69, 9.17) is 9.47 Å². The van der Waals surface area contributed by atoms with Crippen LogP contribution in [0.1, 0.15) is 65.7 Å². The molecule has 0 amide bonds. The van der Waals surface area contributed by atoms with Crippen molar-refractivity contribution in [2.24, 2.45) is 46.3 Å². The monoisotopic (exact) mass is 519 g/mol. The number of aliphatic hydroxyl groups is 3. The standard InChI is InChI=1S/C30H49NO6/c1-19(4-7-27(35)37-15-12-31-10-13-36-14-11-31)22-5-6-23-28-24(18-26(34)30(22,23)3)29(2)9-8-21(32)16-20(29)17-25(28)33/h8-9,19-26,28,32-34H,4-7,10-18H2,1-3H3. The van der Waals surface area contributed by atoms with Crippen LogP contribution in [-0.2, 0) is 14.3 Å². The smallest absolute Gasteiger partial charge is 0.305 e. The van der Waals surface area contributed by atoms with Gasteiger partial charge in [0.2, 0.25) is 0 Å². The van der Waals surface area contributed by atoms with E-state index in [0.717, 1.165) is 58.5 Å². The highest BCUT2D eigenvalue weighted by molar-refractivity contribution is 5.69. The molecule has 4 aliphatic carbocycles. The molecule has 3 saturated carbocycles. The molecule has 7 heteroatoms. The van der Waals surface area contributed by atoms with Gasteiger partial charge >= 0.3 is 5.97 Å². The minimum absolute atomic E-state index is 0.0832. The van der Waals surface area contributed by atoms with Gasteiger partial charge in [-0.25, -0.2) is 0 Å². The van der Waals surface area contributed by atoms with Gasteiger partial charge in [-0.3, -0.25) is 9.69 Å². The number of ether oxygens (including phenoxy) is 2. The number of esters is 1. The zero-order chi connectivity index (χ0) is 26.4. The summed E-state index contributed by atoms with van der Waals surface area (Å²) in [5.41, 5.74) is -0.330.